The molecule has 0 bridgehead atoms. The van der Waals surface area contributed by atoms with Crippen LogP contribution in [0, 0.1) is 0 Å². The number of alkyl halides is 1. The second-order valence-corrected chi connectivity index (χ2v) is 7.02. The summed E-state index contributed by atoms with van der Waals surface area (Å²) in [4.78, 5) is 2.57. The van der Waals surface area contributed by atoms with Crippen molar-refractivity contribution < 1.29 is 4.74 Å². The Hall–Kier alpha value is 0.650. The maximum Gasteiger partial charge on any atom is 0.0707 e. The molecule has 0 aromatic carbocycles. The number of rotatable bonds is 1. The Balaban J connectivity index is 1.86. The summed E-state index contributed by atoms with van der Waals surface area (Å²) in [7, 11) is 0. The van der Waals surface area contributed by atoms with E-state index in [9.17, 15) is 0 Å². The summed E-state index contributed by atoms with van der Waals surface area (Å²) < 4.78 is 6.86. The summed E-state index contributed by atoms with van der Waals surface area (Å²) >= 11 is 2.52. The average molecular weight is 323 g/mol. The lowest BCUT2D eigenvalue weighted by atomic mass is 9.84. The van der Waals surface area contributed by atoms with Gasteiger partial charge in [0, 0.05) is 23.1 Å². The number of halogens is 1. The van der Waals surface area contributed by atoms with E-state index in [1.165, 1.54) is 38.8 Å². The first-order valence-corrected chi connectivity index (χ1v) is 7.38. The van der Waals surface area contributed by atoms with Gasteiger partial charge in [0.1, 0.15) is 0 Å². The third kappa shape index (κ3) is 2.86. The van der Waals surface area contributed by atoms with Crippen molar-refractivity contribution in [3.8, 4) is 0 Å². The first-order chi connectivity index (χ1) is 7.11. The van der Waals surface area contributed by atoms with Gasteiger partial charge < -0.3 is 9.64 Å². The van der Waals surface area contributed by atoms with Crippen molar-refractivity contribution in [3.05, 3.63) is 0 Å². The predicted molar refractivity (Wildman–Crippen MR) is 71.7 cm³/mol. The molecule has 0 aromatic heterocycles. The quantitative estimate of drug-likeness (QED) is 0.543. The molecule has 0 N–H and O–H groups in total. The highest BCUT2D eigenvalue weighted by Crippen LogP contribution is 2.36. The van der Waals surface area contributed by atoms with Gasteiger partial charge in [-0.05, 0) is 39.5 Å². The first-order valence-electron chi connectivity index (χ1n) is 6.13. The molecule has 15 heavy (non-hydrogen) atoms. The Morgan fingerprint density at radius 1 is 1.27 bits per heavy atom. The van der Waals surface area contributed by atoms with Crippen LogP contribution in [-0.2, 0) is 4.74 Å². The summed E-state index contributed by atoms with van der Waals surface area (Å²) in [5, 5.41) is 0. The Kier molecular flexibility index (Phi) is 3.94. The smallest absolute Gasteiger partial charge is 0.0707 e. The molecule has 0 saturated carbocycles. The van der Waals surface area contributed by atoms with Crippen LogP contribution < -0.4 is 0 Å². The van der Waals surface area contributed by atoms with Crippen molar-refractivity contribution >= 4 is 22.6 Å². The third-order valence-corrected chi connectivity index (χ3v) is 4.91. The molecule has 0 unspecified atom stereocenters. The first kappa shape index (κ1) is 12.1. The molecule has 2 rings (SSSR count). The van der Waals surface area contributed by atoms with Crippen LogP contribution in [-0.4, -0.2) is 40.2 Å². The van der Waals surface area contributed by atoms with E-state index in [1.807, 2.05) is 0 Å². The van der Waals surface area contributed by atoms with E-state index in [0.29, 0.717) is 6.04 Å². The van der Waals surface area contributed by atoms with Gasteiger partial charge in [0.05, 0.1) is 12.2 Å². The zero-order chi connectivity index (χ0) is 10.9. The molecule has 0 amide bonds. The predicted octanol–water partition coefficient (Wildman–Crippen LogP) is 2.84. The second-order valence-electron chi connectivity index (χ2n) is 5.26. The lowest BCUT2D eigenvalue weighted by Crippen LogP contribution is -2.50. The molecule has 1 spiro atoms. The van der Waals surface area contributed by atoms with E-state index >= 15 is 0 Å². The van der Waals surface area contributed by atoms with E-state index < -0.39 is 0 Å². The van der Waals surface area contributed by atoms with Gasteiger partial charge >= 0.3 is 0 Å². The van der Waals surface area contributed by atoms with Crippen LogP contribution in [0.15, 0.2) is 0 Å². The maximum atomic E-state index is 6.11. The molecule has 0 radical (unpaired) electrons. The molecule has 2 aliphatic heterocycles. The van der Waals surface area contributed by atoms with E-state index in [2.05, 4.69) is 41.3 Å². The summed E-state index contributed by atoms with van der Waals surface area (Å²) in [6, 6.07) is 0.697. The van der Waals surface area contributed by atoms with Crippen molar-refractivity contribution in [2.75, 3.05) is 19.7 Å². The largest absolute Gasteiger partial charge is 0.374 e. The van der Waals surface area contributed by atoms with Crippen LogP contribution in [0.1, 0.15) is 39.5 Å². The topological polar surface area (TPSA) is 12.5 Å². The lowest BCUT2D eigenvalue weighted by molar-refractivity contribution is -0.110. The molecule has 0 aliphatic carbocycles. The van der Waals surface area contributed by atoms with E-state index in [1.54, 1.807) is 0 Å². The van der Waals surface area contributed by atoms with Crippen molar-refractivity contribution in [1.29, 1.82) is 0 Å². The monoisotopic (exact) mass is 323 g/mol. The lowest BCUT2D eigenvalue weighted by Gasteiger charge is -2.46. The molecule has 2 saturated heterocycles. The highest BCUT2D eigenvalue weighted by atomic mass is 127. The maximum absolute atomic E-state index is 6.11. The summed E-state index contributed by atoms with van der Waals surface area (Å²) in [5.41, 5.74) is 0.257. The SMILES string of the molecule is CC(C)N1CCC2(CC[C@H](I)CO2)CC1. The standard InChI is InChI=1S/C12H22INO/c1-10(2)14-7-5-12(6-8-14)4-3-11(13)9-15-12/h10-11H,3-9H2,1-2H3/t11-/m0/s1. The molecule has 2 nitrogen and oxygen atoms in total. The van der Waals surface area contributed by atoms with Crippen LogP contribution in [0.4, 0.5) is 0 Å². The second kappa shape index (κ2) is 4.88. The van der Waals surface area contributed by atoms with Gasteiger partial charge in [-0.2, -0.15) is 0 Å². The fourth-order valence-corrected chi connectivity index (χ4v) is 3.18. The summed E-state index contributed by atoms with van der Waals surface area (Å²) in [5.74, 6) is 0. The Morgan fingerprint density at radius 2 is 1.93 bits per heavy atom. The van der Waals surface area contributed by atoms with Crippen LogP contribution >= 0.6 is 22.6 Å². The minimum atomic E-state index is 0.257. The van der Waals surface area contributed by atoms with Crippen LogP contribution in [0.5, 0.6) is 0 Å². The van der Waals surface area contributed by atoms with Gasteiger partial charge in [0.2, 0.25) is 0 Å². The van der Waals surface area contributed by atoms with E-state index in [-0.39, 0.29) is 5.60 Å². The van der Waals surface area contributed by atoms with Crippen LogP contribution in [0.25, 0.3) is 0 Å². The van der Waals surface area contributed by atoms with Crippen molar-refractivity contribution in [2.45, 2.75) is 55.1 Å². The molecule has 0 aromatic rings. The minimum Gasteiger partial charge on any atom is -0.374 e. The molecule has 88 valence electrons. The van der Waals surface area contributed by atoms with Gasteiger partial charge in [0.25, 0.3) is 0 Å². The third-order valence-electron chi connectivity index (χ3n) is 3.92. The molecule has 2 fully saturated rings. The number of hydrogen-bond acceptors (Lipinski definition) is 2. The van der Waals surface area contributed by atoms with E-state index in [4.69, 9.17) is 4.74 Å². The van der Waals surface area contributed by atoms with Gasteiger partial charge in [-0.3, -0.25) is 0 Å². The number of nitrogens with zero attached hydrogens (tertiary/aromatic N) is 1. The fourth-order valence-electron chi connectivity index (χ4n) is 2.68. The number of likely N-dealkylation sites (tertiary alicyclic amines) is 1. The minimum absolute atomic E-state index is 0.257. The molecule has 2 aliphatic rings. The van der Waals surface area contributed by atoms with Crippen LogP contribution in [0.2, 0.25) is 0 Å². The number of hydrogen-bond donors (Lipinski definition) is 0. The molecule has 3 heteroatoms. The zero-order valence-corrected chi connectivity index (χ0v) is 12.0. The molecular formula is C12H22INO. The Morgan fingerprint density at radius 3 is 2.40 bits per heavy atom. The van der Waals surface area contributed by atoms with Gasteiger partial charge in [0.15, 0.2) is 0 Å². The molecule has 1 atom stereocenters. The Bertz CT molecular complexity index is 202. The van der Waals surface area contributed by atoms with Crippen LogP contribution in [0.3, 0.4) is 0 Å². The van der Waals surface area contributed by atoms with Gasteiger partial charge in [-0.1, -0.05) is 22.6 Å². The number of ether oxygens (including phenoxy) is 1. The van der Waals surface area contributed by atoms with Crippen molar-refractivity contribution in [3.63, 3.8) is 0 Å². The average Bonchev–Trinajstić information content (AvgIpc) is 2.24. The molecular weight excluding hydrogens is 301 g/mol. The van der Waals surface area contributed by atoms with Crippen molar-refractivity contribution in [2.24, 2.45) is 0 Å². The van der Waals surface area contributed by atoms with Gasteiger partial charge in [-0.25, -0.2) is 0 Å². The highest BCUT2D eigenvalue weighted by Gasteiger charge is 2.38. The zero-order valence-electron chi connectivity index (χ0n) is 9.84. The summed E-state index contributed by atoms with van der Waals surface area (Å²) in [6.07, 6.45) is 5.12. The van der Waals surface area contributed by atoms with Gasteiger partial charge in [-0.15, -0.1) is 0 Å². The Labute approximate surface area is 107 Å². The fraction of sp³-hybridized carbons (Fsp3) is 1.00. The number of piperidine rings is 1. The normalized spacial score (nSPS) is 32.4. The van der Waals surface area contributed by atoms with Crippen molar-refractivity contribution in [1.82, 2.24) is 4.90 Å². The molecule has 2 heterocycles. The highest BCUT2D eigenvalue weighted by molar-refractivity contribution is 14.1. The van der Waals surface area contributed by atoms with E-state index in [0.717, 1.165) is 10.5 Å². The summed E-state index contributed by atoms with van der Waals surface area (Å²) in [6.45, 7) is 8.01.